The lowest BCUT2D eigenvalue weighted by atomic mass is 9.97. The monoisotopic (exact) mass is 283 g/mol. The molecule has 0 aliphatic carbocycles. The summed E-state index contributed by atoms with van der Waals surface area (Å²) in [7, 11) is 0. The van der Waals surface area contributed by atoms with E-state index >= 15 is 0 Å². The Balaban J connectivity index is 1.96. The highest BCUT2D eigenvalue weighted by atomic mass is 16.4. The topological polar surface area (TPSA) is 66.3 Å². The summed E-state index contributed by atoms with van der Waals surface area (Å²) in [6.07, 6.45) is 2.28. The highest BCUT2D eigenvalue weighted by Gasteiger charge is 2.21. The molecule has 0 saturated carbocycles. The number of hydrogen-bond acceptors (Lipinski definition) is 4. The normalized spacial score (nSPS) is 13.9. The van der Waals surface area contributed by atoms with Crippen molar-refractivity contribution in [3.8, 4) is 0 Å². The molecule has 0 fully saturated rings. The number of carbonyl (C=O) groups is 1. The molecule has 5 nitrogen and oxygen atoms in total. The average Bonchev–Trinajstić information content (AvgIpc) is 2.46. The molecule has 0 unspecified atom stereocenters. The molecule has 2 heterocycles. The number of aromatic nitrogens is 2. The summed E-state index contributed by atoms with van der Waals surface area (Å²) in [5, 5.41) is 9.17. The summed E-state index contributed by atoms with van der Waals surface area (Å²) in [6.45, 7) is 5.45. The zero-order valence-corrected chi connectivity index (χ0v) is 12.1. The molecule has 0 saturated heterocycles. The maximum Gasteiger partial charge on any atom is 0.354 e. The van der Waals surface area contributed by atoms with E-state index in [0.29, 0.717) is 5.56 Å². The Bertz CT molecular complexity index is 713. The van der Waals surface area contributed by atoms with Gasteiger partial charge in [-0.2, -0.15) is 0 Å². The number of nitrogens with zero attached hydrogens (tertiary/aromatic N) is 3. The summed E-state index contributed by atoms with van der Waals surface area (Å²) in [5.41, 5.74) is 4.59. The first-order valence-corrected chi connectivity index (χ1v) is 6.94. The van der Waals surface area contributed by atoms with Gasteiger partial charge in [0.2, 0.25) is 0 Å². The van der Waals surface area contributed by atoms with Crippen LogP contribution in [-0.4, -0.2) is 27.6 Å². The van der Waals surface area contributed by atoms with Crippen LogP contribution in [-0.2, 0) is 13.0 Å². The van der Waals surface area contributed by atoms with Crippen molar-refractivity contribution in [3.05, 3.63) is 52.5 Å². The third-order valence-electron chi connectivity index (χ3n) is 3.93. The lowest BCUT2D eigenvalue weighted by Gasteiger charge is -2.31. The molecular formula is C16H17N3O2. The molecule has 21 heavy (non-hydrogen) atoms. The van der Waals surface area contributed by atoms with E-state index in [1.54, 1.807) is 6.92 Å². The van der Waals surface area contributed by atoms with Crippen LogP contribution in [0.5, 0.6) is 0 Å². The molecule has 108 valence electrons. The number of carboxylic acids is 1. The van der Waals surface area contributed by atoms with Gasteiger partial charge in [0.15, 0.2) is 5.69 Å². The fraction of sp³-hybridized carbons (Fsp3) is 0.312. The predicted octanol–water partition coefficient (Wildman–Crippen LogP) is 2.35. The van der Waals surface area contributed by atoms with Gasteiger partial charge in [-0.1, -0.05) is 23.8 Å². The lowest BCUT2D eigenvalue weighted by molar-refractivity contribution is 0.0689. The molecule has 1 aliphatic heterocycles. The maximum atomic E-state index is 11.2. The van der Waals surface area contributed by atoms with Crippen LogP contribution in [0, 0.1) is 13.8 Å². The van der Waals surface area contributed by atoms with Crippen molar-refractivity contribution in [2.24, 2.45) is 0 Å². The van der Waals surface area contributed by atoms with Gasteiger partial charge in [0.1, 0.15) is 12.1 Å². The second kappa shape index (κ2) is 5.16. The minimum atomic E-state index is -1.01. The SMILES string of the molecule is Cc1ccc2c(c1)CN(c1ncnc(C(=O)O)c1C)CC2. The van der Waals surface area contributed by atoms with Crippen LogP contribution in [0.15, 0.2) is 24.5 Å². The summed E-state index contributed by atoms with van der Waals surface area (Å²) in [5.74, 6) is -0.293. The molecule has 1 aromatic heterocycles. The average molecular weight is 283 g/mol. The van der Waals surface area contributed by atoms with Crippen LogP contribution in [0.4, 0.5) is 5.82 Å². The Kier molecular flexibility index (Phi) is 3.33. The Hall–Kier alpha value is -2.43. The third kappa shape index (κ3) is 2.46. The first-order valence-electron chi connectivity index (χ1n) is 6.94. The molecule has 0 bridgehead atoms. The largest absolute Gasteiger partial charge is 0.476 e. The number of aromatic carboxylic acids is 1. The molecule has 3 rings (SSSR count). The van der Waals surface area contributed by atoms with Gasteiger partial charge in [0, 0.05) is 18.7 Å². The molecule has 1 aromatic carbocycles. The van der Waals surface area contributed by atoms with Crippen LogP contribution in [0.3, 0.4) is 0 Å². The molecule has 0 radical (unpaired) electrons. The van der Waals surface area contributed by atoms with Crippen molar-refractivity contribution in [2.75, 3.05) is 11.4 Å². The highest BCUT2D eigenvalue weighted by Crippen LogP contribution is 2.26. The van der Waals surface area contributed by atoms with Crippen LogP contribution < -0.4 is 4.90 Å². The van der Waals surface area contributed by atoms with E-state index in [1.807, 2.05) is 0 Å². The van der Waals surface area contributed by atoms with Gasteiger partial charge in [0.25, 0.3) is 0 Å². The summed E-state index contributed by atoms with van der Waals surface area (Å²) < 4.78 is 0. The first-order chi connectivity index (χ1) is 10.1. The minimum absolute atomic E-state index is 0.0787. The quantitative estimate of drug-likeness (QED) is 0.916. The van der Waals surface area contributed by atoms with Crippen molar-refractivity contribution >= 4 is 11.8 Å². The maximum absolute atomic E-state index is 11.2. The van der Waals surface area contributed by atoms with Crippen molar-refractivity contribution in [1.82, 2.24) is 9.97 Å². The molecule has 5 heteroatoms. The fourth-order valence-electron chi connectivity index (χ4n) is 2.84. The van der Waals surface area contributed by atoms with E-state index < -0.39 is 5.97 Å². The zero-order chi connectivity index (χ0) is 15.0. The third-order valence-corrected chi connectivity index (χ3v) is 3.93. The van der Waals surface area contributed by atoms with E-state index in [2.05, 4.69) is 40.0 Å². The van der Waals surface area contributed by atoms with Crippen LogP contribution in [0.25, 0.3) is 0 Å². The number of rotatable bonds is 2. The summed E-state index contributed by atoms with van der Waals surface area (Å²) >= 11 is 0. The Labute approximate surface area is 123 Å². The summed E-state index contributed by atoms with van der Waals surface area (Å²) in [4.78, 5) is 21.5. The second-order valence-corrected chi connectivity index (χ2v) is 5.42. The number of hydrogen-bond donors (Lipinski definition) is 1. The smallest absolute Gasteiger partial charge is 0.354 e. The van der Waals surface area contributed by atoms with Crippen LogP contribution in [0.2, 0.25) is 0 Å². The standard InChI is InChI=1S/C16H17N3O2/c1-10-3-4-12-5-6-19(8-13(12)7-10)15-11(2)14(16(20)21)17-9-18-15/h3-4,7,9H,5-6,8H2,1-2H3,(H,20,21). The van der Waals surface area contributed by atoms with E-state index in [4.69, 9.17) is 0 Å². The Morgan fingerprint density at radius 2 is 2.05 bits per heavy atom. The van der Waals surface area contributed by atoms with Crippen molar-refractivity contribution in [1.29, 1.82) is 0 Å². The molecule has 1 aliphatic rings. The zero-order valence-electron chi connectivity index (χ0n) is 12.1. The first kappa shape index (κ1) is 13.5. The minimum Gasteiger partial charge on any atom is -0.476 e. The van der Waals surface area contributed by atoms with E-state index in [1.165, 1.54) is 23.0 Å². The van der Waals surface area contributed by atoms with E-state index in [0.717, 1.165) is 25.3 Å². The Morgan fingerprint density at radius 3 is 2.81 bits per heavy atom. The van der Waals surface area contributed by atoms with Crippen LogP contribution >= 0.6 is 0 Å². The number of fused-ring (bicyclic) bond motifs is 1. The highest BCUT2D eigenvalue weighted by molar-refractivity contribution is 5.88. The fourth-order valence-corrected chi connectivity index (χ4v) is 2.84. The van der Waals surface area contributed by atoms with Gasteiger partial charge in [0.05, 0.1) is 0 Å². The van der Waals surface area contributed by atoms with Crippen molar-refractivity contribution in [3.63, 3.8) is 0 Å². The van der Waals surface area contributed by atoms with Gasteiger partial charge < -0.3 is 10.0 Å². The van der Waals surface area contributed by atoms with Gasteiger partial charge in [-0.15, -0.1) is 0 Å². The van der Waals surface area contributed by atoms with Crippen LogP contribution in [0.1, 0.15) is 32.7 Å². The number of carboxylic acid groups (broad SMARTS) is 1. The molecule has 0 spiro atoms. The predicted molar refractivity (Wildman–Crippen MR) is 79.7 cm³/mol. The summed E-state index contributed by atoms with van der Waals surface area (Å²) in [6, 6.07) is 6.50. The number of aryl methyl sites for hydroxylation is 1. The molecule has 2 aromatic rings. The second-order valence-electron chi connectivity index (χ2n) is 5.42. The Morgan fingerprint density at radius 1 is 1.24 bits per heavy atom. The number of benzene rings is 1. The molecule has 0 amide bonds. The van der Waals surface area contributed by atoms with Gasteiger partial charge in [-0.25, -0.2) is 14.8 Å². The molecular weight excluding hydrogens is 266 g/mol. The van der Waals surface area contributed by atoms with Crippen molar-refractivity contribution in [2.45, 2.75) is 26.8 Å². The van der Waals surface area contributed by atoms with Gasteiger partial charge >= 0.3 is 5.97 Å². The van der Waals surface area contributed by atoms with E-state index in [9.17, 15) is 9.90 Å². The van der Waals surface area contributed by atoms with Gasteiger partial charge in [-0.3, -0.25) is 0 Å². The van der Waals surface area contributed by atoms with Gasteiger partial charge in [-0.05, 0) is 31.4 Å². The molecule has 0 atom stereocenters. The van der Waals surface area contributed by atoms with Crippen molar-refractivity contribution < 1.29 is 9.90 Å². The number of anilines is 1. The molecule has 1 N–H and O–H groups in total. The van der Waals surface area contributed by atoms with E-state index in [-0.39, 0.29) is 5.69 Å². The lowest BCUT2D eigenvalue weighted by Crippen LogP contribution is -2.32.